The van der Waals surface area contributed by atoms with Gasteiger partial charge in [0.15, 0.2) is 6.10 Å². The molecule has 0 N–H and O–H groups in total. The normalized spacial score (nSPS) is 13.0. The number of hydrogen-bond donors (Lipinski definition) is 0. The van der Waals surface area contributed by atoms with Crippen molar-refractivity contribution in [1.29, 1.82) is 0 Å². The molecule has 1 atom stereocenters. The van der Waals surface area contributed by atoms with Crippen LogP contribution < -0.4 is 0 Å². The molecule has 0 saturated carbocycles. The molecular weight excluding hydrogens is 853 g/mol. The number of unbranched alkanes of at least 4 members (excludes halogenated alkanes) is 18. The zero-order chi connectivity index (χ0) is 50.0. The molecule has 0 radical (unpaired) electrons. The molecule has 0 heterocycles. The van der Waals surface area contributed by atoms with Gasteiger partial charge in [0.25, 0.3) is 0 Å². The zero-order valence-electron chi connectivity index (χ0n) is 44.5. The van der Waals surface area contributed by atoms with E-state index < -0.39 is 6.10 Å². The maximum Gasteiger partial charge on any atom is 0.306 e. The van der Waals surface area contributed by atoms with Crippen LogP contribution in [0.2, 0.25) is 0 Å². The Morgan fingerprint density at radius 2 is 0.522 bits per heavy atom. The molecule has 0 aromatic rings. The number of carbonyl (C=O) groups is 3. The van der Waals surface area contributed by atoms with Gasteiger partial charge < -0.3 is 14.2 Å². The van der Waals surface area contributed by atoms with Crippen molar-refractivity contribution in [3.05, 3.63) is 122 Å². The number of allylic oxidation sites excluding steroid dienone is 20. The topological polar surface area (TPSA) is 78.9 Å². The lowest BCUT2D eigenvalue weighted by Gasteiger charge is -2.18. The molecule has 6 heteroatoms. The minimum absolute atomic E-state index is 0.103. The fourth-order valence-corrected chi connectivity index (χ4v) is 7.34. The van der Waals surface area contributed by atoms with E-state index in [1.807, 2.05) is 0 Å². The van der Waals surface area contributed by atoms with Crippen LogP contribution >= 0.6 is 0 Å². The van der Waals surface area contributed by atoms with E-state index in [4.69, 9.17) is 14.2 Å². The van der Waals surface area contributed by atoms with Gasteiger partial charge in [-0.15, -0.1) is 0 Å². The van der Waals surface area contributed by atoms with E-state index in [-0.39, 0.29) is 37.5 Å². The minimum Gasteiger partial charge on any atom is -0.462 e. The predicted molar refractivity (Wildman–Crippen MR) is 297 cm³/mol. The average molecular weight is 956 g/mol. The summed E-state index contributed by atoms with van der Waals surface area (Å²) in [6.45, 7) is 6.24. The summed E-state index contributed by atoms with van der Waals surface area (Å²) in [7, 11) is 0. The van der Waals surface area contributed by atoms with Crippen LogP contribution in [0.4, 0.5) is 0 Å². The van der Waals surface area contributed by atoms with Crippen molar-refractivity contribution in [2.75, 3.05) is 13.2 Å². The number of hydrogen-bond acceptors (Lipinski definition) is 6. The molecular formula is C63H102O6. The number of ether oxygens (including phenoxy) is 3. The molecule has 69 heavy (non-hydrogen) atoms. The lowest BCUT2D eigenvalue weighted by Crippen LogP contribution is -2.30. The summed E-state index contributed by atoms with van der Waals surface area (Å²) in [5, 5.41) is 0. The van der Waals surface area contributed by atoms with Crippen molar-refractivity contribution in [1.82, 2.24) is 0 Å². The molecule has 1 unspecified atom stereocenters. The molecule has 0 aliphatic heterocycles. The lowest BCUT2D eigenvalue weighted by atomic mass is 10.0. The van der Waals surface area contributed by atoms with E-state index >= 15 is 0 Å². The first-order valence-electron chi connectivity index (χ1n) is 28.0. The van der Waals surface area contributed by atoms with Crippen LogP contribution in [0.25, 0.3) is 0 Å². The van der Waals surface area contributed by atoms with Crippen LogP contribution in [0.1, 0.15) is 239 Å². The van der Waals surface area contributed by atoms with Crippen molar-refractivity contribution in [2.45, 2.75) is 245 Å². The third-order valence-electron chi connectivity index (χ3n) is 11.4. The zero-order valence-corrected chi connectivity index (χ0v) is 44.5. The van der Waals surface area contributed by atoms with Gasteiger partial charge in [0.2, 0.25) is 0 Å². The molecule has 0 aliphatic carbocycles. The fraction of sp³-hybridized carbons (Fsp3) is 0.635. The monoisotopic (exact) mass is 955 g/mol. The van der Waals surface area contributed by atoms with Crippen molar-refractivity contribution in [3.63, 3.8) is 0 Å². The summed E-state index contributed by atoms with van der Waals surface area (Å²) in [5.41, 5.74) is 0. The van der Waals surface area contributed by atoms with E-state index in [2.05, 4.69) is 142 Å². The SMILES string of the molecule is CC/C=C\C/C=C\C/C=C\C/C=C\CCCCCCCCCCCCCCC(=O)OCC(COC(=O)CCCCC/C=C\C/C=C\C/C=C\CC)OC(=O)CCCCC/C=C\C/C=C\C/C=C\CC. The summed E-state index contributed by atoms with van der Waals surface area (Å²) in [6.07, 6.45) is 77.7. The summed E-state index contributed by atoms with van der Waals surface area (Å²) in [4.78, 5) is 38.1. The Kier molecular flexibility index (Phi) is 53.0. The van der Waals surface area contributed by atoms with E-state index in [0.29, 0.717) is 12.8 Å². The Morgan fingerprint density at radius 3 is 0.826 bits per heavy atom. The molecule has 0 spiro atoms. The van der Waals surface area contributed by atoms with Crippen LogP contribution in [0, 0.1) is 0 Å². The first kappa shape index (κ1) is 64.8. The van der Waals surface area contributed by atoms with Gasteiger partial charge in [0.1, 0.15) is 13.2 Å². The highest BCUT2D eigenvalue weighted by atomic mass is 16.6. The van der Waals surface area contributed by atoms with Gasteiger partial charge in [-0.2, -0.15) is 0 Å². The number of carbonyl (C=O) groups excluding carboxylic acids is 3. The van der Waals surface area contributed by atoms with Gasteiger partial charge in [-0.05, 0) is 122 Å². The molecule has 6 nitrogen and oxygen atoms in total. The van der Waals surface area contributed by atoms with Crippen molar-refractivity contribution in [2.24, 2.45) is 0 Å². The quantitative estimate of drug-likeness (QED) is 0.0262. The van der Waals surface area contributed by atoms with Gasteiger partial charge in [-0.1, -0.05) is 219 Å². The molecule has 0 aliphatic rings. The van der Waals surface area contributed by atoms with Gasteiger partial charge in [-0.25, -0.2) is 0 Å². The third-order valence-corrected chi connectivity index (χ3v) is 11.4. The second-order valence-electron chi connectivity index (χ2n) is 18.0. The Morgan fingerprint density at radius 1 is 0.290 bits per heavy atom. The highest BCUT2D eigenvalue weighted by Gasteiger charge is 2.19. The molecule has 0 amide bonds. The smallest absolute Gasteiger partial charge is 0.306 e. The molecule has 0 rings (SSSR count). The van der Waals surface area contributed by atoms with Crippen LogP contribution in [0.3, 0.4) is 0 Å². The van der Waals surface area contributed by atoms with Crippen molar-refractivity contribution in [3.8, 4) is 0 Å². The summed E-state index contributed by atoms with van der Waals surface area (Å²) in [5.74, 6) is -0.969. The van der Waals surface area contributed by atoms with Crippen molar-refractivity contribution >= 4 is 17.9 Å². The van der Waals surface area contributed by atoms with Crippen molar-refractivity contribution < 1.29 is 28.6 Å². The highest BCUT2D eigenvalue weighted by Crippen LogP contribution is 2.15. The highest BCUT2D eigenvalue weighted by molar-refractivity contribution is 5.71. The fourth-order valence-electron chi connectivity index (χ4n) is 7.34. The standard InChI is InChI=1S/C63H102O6/c1-4-7-10-13-16-19-22-25-26-27-28-29-30-31-32-33-34-35-36-39-41-44-47-50-53-56-62(65)68-59-60(69-63(66)57-54-51-48-45-42-38-24-21-18-15-12-9-6-3)58-67-61(64)55-52-49-46-43-40-37-23-20-17-14-11-8-5-2/h7-12,16-21,25-26,28-29,37-38,40,42,60H,4-6,13-15,22-24,27,30-36,39,41,43-59H2,1-3H3/b10-7-,11-8-,12-9-,19-16-,20-17-,21-18-,26-25-,29-28-,40-37-,42-38-. The molecule has 0 aromatic carbocycles. The molecule has 390 valence electrons. The van der Waals surface area contributed by atoms with Crippen LogP contribution in [0.5, 0.6) is 0 Å². The third kappa shape index (κ3) is 54.6. The number of rotatable bonds is 49. The Labute approximate surface area is 424 Å². The second-order valence-corrected chi connectivity index (χ2v) is 18.0. The van der Waals surface area contributed by atoms with Crippen LogP contribution in [-0.4, -0.2) is 37.2 Å². The first-order valence-corrected chi connectivity index (χ1v) is 28.0. The van der Waals surface area contributed by atoms with E-state index in [0.717, 1.165) is 135 Å². The van der Waals surface area contributed by atoms with E-state index in [9.17, 15) is 14.4 Å². The Balaban J connectivity index is 4.33. The Bertz CT molecular complexity index is 1470. The van der Waals surface area contributed by atoms with E-state index in [1.54, 1.807) is 0 Å². The van der Waals surface area contributed by atoms with Crippen LogP contribution in [0.15, 0.2) is 122 Å². The Hall–Kier alpha value is -4.19. The van der Waals surface area contributed by atoms with Gasteiger partial charge in [-0.3, -0.25) is 14.4 Å². The van der Waals surface area contributed by atoms with Gasteiger partial charge in [0.05, 0.1) is 0 Å². The summed E-state index contributed by atoms with van der Waals surface area (Å²) >= 11 is 0. The van der Waals surface area contributed by atoms with Gasteiger partial charge >= 0.3 is 17.9 Å². The maximum absolute atomic E-state index is 12.8. The maximum atomic E-state index is 12.8. The van der Waals surface area contributed by atoms with Crippen LogP contribution in [-0.2, 0) is 28.6 Å². The largest absolute Gasteiger partial charge is 0.462 e. The average Bonchev–Trinajstić information content (AvgIpc) is 3.35. The molecule has 0 saturated heterocycles. The first-order chi connectivity index (χ1) is 34.0. The predicted octanol–water partition coefficient (Wildman–Crippen LogP) is 18.9. The number of esters is 3. The molecule has 0 aromatic heterocycles. The van der Waals surface area contributed by atoms with E-state index in [1.165, 1.54) is 64.2 Å². The van der Waals surface area contributed by atoms with Gasteiger partial charge in [0, 0.05) is 19.3 Å². The minimum atomic E-state index is -0.809. The second kappa shape index (κ2) is 56.4. The summed E-state index contributed by atoms with van der Waals surface area (Å²) < 4.78 is 16.8. The molecule has 0 bridgehead atoms. The lowest BCUT2D eigenvalue weighted by molar-refractivity contribution is -0.167. The molecule has 0 fully saturated rings. The summed E-state index contributed by atoms with van der Waals surface area (Å²) in [6, 6.07) is 0.